The summed E-state index contributed by atoms with van der Waals surface area (Å²) in [6, 6.07) is 8.94. The average molecular weight is 380 g/mol. The Bertz CT molecular complexity index is 762. The second-order valence-corrected chi connectivity index (χ2v) is 6.74. The Hall–Kier alpha value is -1.98. The Morgan fingerprint density at radius 2 is 1.96 bits per heavy atom. The van der Waals surface area contributed by atoms with Crippen LogP contribution in [0.25, 0.3) is 0 Å². The summed E-state index contributed by atoms with van der Waals surface area (Å²) in [6.07, 6.45) is 3.42. The van der Waals surface area contributed by atoms with Gasteiger partial charge < -0.3 is 15.0 Å². The van der Waals surface area contributed by atoms with Gasteiger partial charge in [0.2, 0.25) is 0 Å². The van der Waals surface area contributed by atoms with E-state index in [4.69, 9.17) is 27.9 Å². The number of hydrogen-bond acceptors (Lipinski definition) is 4. The number of likely N-dealkylation sites (tertiary alicyclic amines) is 1. The van der Waals surface area contributed by atoms with Crippen molar-refractivity contribution in [1.82, 2.24) is 9.88 Å². The summed E-state index contributed by atoms with van der Waals surface area (Å²) in [7, 11) is 1.63. The quantitative estimate of drug-likeness (QED) is 0.867. The number of hydrogen-bond donors (Lipinski definition) is 1. The van der Waals surface area contributed by atoms with Crippen LogP contribution in [0.3, 0.4) is 0 Å². The van der Waals surface area contributed by atoms with Crippen molar-refractivity contribution >= 4 is 34.9 Å². The summed E-state index contributed by atoms with van der Waals surface area (Å²) in [5, 5.41) is 4.25. The van der Waals surface area contributed by atoms with Crippen LogP contribution >= 0.6 is 23.2 Å². The van der Waals surface area contributed by atoms with Crippen LogP contribution in [0.1, 0.15) is 23.2 Å². The highest BCUT2D eigenvalue weighted by Gasteiger charge is 2.24. The van der Waals surface area contributed by atoms with Crippen LogP contribution in [0.5, 0.6) is 5.75 Å². The lowest BCUT2D eigenvalue weighted by atomic mass is 10.0. The molecule has 0 spiro atoms. The van der Waals surface area contributed by atoms with Gasteiger partial charge >= 0.3 is 0 Å². The zero-order valence-corrected chi connectivity index (χ0v) is 15.3. The van der Waals surface area contributed by atoms with Gasteiger partial charge in [0.25, 0.3) is 5.91 Å². The van der Waals surface area contributed by atoms with Crippen molar-refractivity contribution in [2.45, 2.75) is 18.9 Å². The van der Waals surface area contributed by atoms with Gasteiger partial charge in [-0.05, 0) is 37.1 Å². The minimum Gasteiger partial charge on any atom is -0.497 e. The molecule has 0 unspecified atom stereocenters. The van der Waals surface area contributed by atoms with Gasteiger partial charge in [0, 0.05) is 37.0 Å². The molecule has 1 aromatic carbocycles. The van der Waals surface area contributed by atoms with E-state index in [1.807, 2.05) is 17.0 Å². The molecule has 3 rings (SSSR count). The number of methoxy groups -OCH3 is 1. The number of amides is 1. The molecule has 25 heavy (non-hydrogen) atoms. The molecule has 0 atom stereocenters. The lowest BCUT2D eigenvalue weighted by molar-refractivity contribution is 0.0718. The molecule has 1 fully saturated rings. The molecule has 0 radical (unpaired) electrons. The fourth-order valence-corrected chi connectivity index (χ4v) is 3.16. The van der Waals surface area contributed by atoms with Crippen molar-refractivity contribution in [3.8, 4) is 5.75 Å². The molecule has 1 aromatic heterocycles. The lowest BCUT2D eigenvalue weighted by Crippen LogP contribution is -2.42. The Kier molecular flexibility index (Phi) is 5.66. The average Bonchev–Trinajstić information content (AvgIpc) is 2.64. The molecular formula is C18H19Cl2N3O2. The SMILES string of the molecule is COc1ccnc(NC2CCN(C(=O)c3ccc(Cl)c(Cl)c3)CC2)c1. The zero-order valence-electron chi connectivity index (χ0n) is 13.8. The zero-order chi connectivity index (χ0) is 17.8. The molecular weight excluding hydrogens is 361 g/mol. The first-order valence-electron chi connectivity index (χ1n) is 8.07. The number of rotatable bonds is 4. The fraction of sp³-hybridized carbons (Fsp3) is 0.333. The van der Waals surface area contributed by atoms with Crippen LogP contribution < -0.4 is 10.1 Å². The molecule has 1 aliphatic rings. The van der Waals surface area contributed by atoms with Gasteiger partial charge in [0.05, 0.1) is 17.2 Å². The van der Waals surface area contributed by atoms with Crippen molar-refractivity contribution in [3.63, 3.8) is 0 Å². The number of ether oxygens (including phenoxy) is 1. The first-order valence-corrected chi connectivity index (χ1v) is 8.83. The fourth-order valence-electron chi connectivity index (χ4n) is 2.86. The molecule has 7 heteroatoms. The van der Waals surface area contributed by atoms with E-state index in [1.54, 1.807) is 31.5 Å². The Morgan fingerprint density at radius 3 is 2.64 bits per heavy atom. The molecule has 2 aromatic rings. The van der Waals surface area contributed by atoms with E-state index in [1.165, 1.54) is 0 Å². The van der Waals surface area contributed by atoms with E-state index < -0.39 is 0 Å². The van der Waals surface area contributed by atoms with Crippen LogP contribution in [0.15, 0.2) is 36.5 Å². The standard InChI is InChI=1S/C18H19Cl2N3O2/c1-25-14-4-7-21-17(11-14)22-13-5-8-23(9-6-13)18(24)12-2-3-15(19)16(20)10-12/h2-4,7,10-11,13H,5-6,8-9H2,1H3,(H,21,22). The van der Waals surface area contributed by atoms with Crippen LogP contribution in [0.2, 0.25) is 10.0 Å². The number of halogens is 2. The topological polar surface area (TPSA) is 54.5 Å². The smallest absolute Gasteiger partial charge is 0.253 e. The van der Waals surface area contributed by atoms with Crippen molar-refractivity contribution in [3.05, 3.63) is 52.1 Å². The number of piperidine rings is 1. The minimum atomic E-state index is -0.0171. The summed E-state index contributed by atoms with van der Waals surface area (Å²) in [4.78, 5) is 18.7. The van der Waals surface area contributed by atoms with Gasteiger partial charge in [-0.1, -0.05) is 23.2 Å². The largest absolute Gasteiger partial charge is 0.497 e. The molecule has 0 aliphatic carbocycles. The normalized spacial score (nSPS) is 15.1. The van der Waals surface area contributed by atoms with E-state index >= 15 is 0 Å². The molecule has 1 aliphatic heterocycles. The number of pyridine rings is 1. The number of carbonyl (C=O) groups is 1. The highest BCUT2D eigenvalue weighted by atomic mass is 35.5. The van der Waals surface area contributed by atoms with Crippen molar-refractivity contribution in [1.29, 1.82) is 0 Å². The van der Waals surface area contributed by atoms with E-state index in [0.29, 0.717) is 28.7 Å². The highest BCUT2D eigenvalue weighted by molar-refractivity contribution is 6.42. The van der Waals surface area contributed by atoms with Crippen LogP contribution in [-0.2, 0) is 0 Å². The summed E-state index contributed by atoms with van der Waals surface area (Å²) in [5.74, 6) is 1.54. The van der Waals surface area contributed by atoms with Crippen molar-refractivity contribution < 1.29 is 9.53 Å². The Balaban J connectivity index is 1.57. The van der Waals surface area contributed by atoms with Gasteiger partial charge in [-0.25, -0.2) is 4.98 Å². The number of nitrogens with one attached hydrogen (secondary N) is 1. The maximum atomic E-state index is 12.6. The molecule has 1 N–H and O–H groups in total. The second kappa shape index (κ2) is 7.93. The lowest BCUT2D eigenvalue weighted by Gasteiger charge is -2.32. The predicted molar refractivity (Wildman–Crippen MR) is 99.8 cm³/mol. The maximum absolute atomic E-state index is 12.6. The second-order valence-electron chi connectivity index (χ2n) is 5.92. The van der Waals surface area contributed by atoms with Crippen molar-refractivity contribution in [2.75, 3.05) is 25.5 Å². The Labute approximate surface area is 156 Å². The van der Waals surface area contributed by atoms with Crippen molar-refractivity contribution in [2.24, 2.45) is 0 Å². The maximum Gasteiger partial charge on any atom is 0.253 e. The number of carbonyl (C=O) groups excluding carboxylic acids is 1. The Morgan fingerprint density at radius 1 is 1.20 bits per heavy atom. The number of nitrogens with zero attached hydrogens (tertiary/aromatic N) is 2. The molecule has 1 saturated heterocycles. The third-order valence-corrected chi connectivity index (χ3v) is 5.01. The molecule has 0 bridgehead atoms. The van der Waals surface area contributed by atoms with Crippen LogP contribution in [0.4, 0.5) is 5.82 Å². The number of benzene rings is 1. The third-order valence-electron chi connectivity index (χ3n) is 4.27. The first kappa shape index (κ1) is 17.8. The molecule has 2 heterocycles. The molecule has 5 nitrogen and oxygen atoms in total. The van der Waals surface area contributed by atoms with Gasteiger partial charge in [-0.15, -0.1) is 0 Å². The molecule has 132 valence electrons. The minimum absolute atomic E-state index is 0.0171. The van der Waals surface area contributed by atoms with Gasteiger partial charge in [0.15, 0.2) is 0 Å². The van der Waals surface area contributed by atoms with E-state index in [9.17, 15) is 4.79 Å². The summed E-state index contributed by atoms with van der Waals surface area (Å²) < 4.78 is 5.21. The molecule has 1 amide bonds. The van der Waals surface area contributed by atoms with Gasteiger partial charge in [-0.3, -0.25) is 4.79 Å². The van der Waals surface area contributed by atoms with Gasteiger partial charge in [-0.2, -0.15) is 0 Å². The predicted octanol–water partition coefficient (Wildman–Crippen LogP) is 4.11. The van der Waals surface area contributed by atoms with Gasteiger partial charge in [0.1, 0.15) is 11.6 Å². The molecule has 0 saturated carbocycles. The summed E-state index contributed by atoms with van der Waals surface area (Å²) in [5.41, 5.74) is 0.565. The summed E-state index contributed by atoms with van der Waals surface area (Å²) >= 11 is 11.9. The van der Waals surface area contributed by atoms with Crippen LogP contribution in [0, 0.1) is 0 Å². The van der Waals surface area contributed by atoms with Crippen LogP contribution in [-0.4, -0.2) is 42.0 Å². The highest BCUT2D eigenvalue weighted by Crippen LogP contribution is 2.24. The summed E-state index contributed by atoms with van der Waals surface area (Å²) in [6.45, 7) is 1.36. The number of anilines is 1. The monoisotopic (exact) mass is 379 g/mol. The van der Waals surface area contributed by atoms with E-state index in [2.05, 4.69) is 10.3 Å². The van der Waals surface area contributed by atoms with E-state index in [-0.39, 0.29) is 11.9 Å². The third kappa shape index (κ3) is 4.35. The van der Waals surface area contributed by atoms with E-state index in [0.717, 1.165) is 24.4 Å². The first-order chi connectivity index (χ1) is 12.1. The number of aromatic nitrogens is 1.